The first-order chi connectivity index (χ1) is 17.7. The molecule has 0 radical (unpaired) electrons. The van der Waals surface area contributed by atoms with Gasteiger partial charge in [0, 0.05) is 37.1 Å². The number of amides is 2. The Labute approximate surface area is 223 Å². The molecular weight excluding hydrogens is 508 g/mol. The van der Waals surface area contributed by atoms with E-state index in [-0.39, 0.29) is 40.7 Å². The predicted octanol–water partition coefficient (Wildman–Crippen LogP) is 3.38. The average Bonchev–Trinajstić information content (AvgIpc) is 2.90. The van der Waals surface area contributed by atoms with Crippen molar-refractivity contribution in [2.45, 2.75) is 42.0 Å². The molecule has 37 heavy (non-hydrogen) atoms. The average molecular weight is 543 g/mol. The second kappa shape index (κ2) is 13.5. The number of thioether (sulfide) groups is 1. The molecule has 198 valence electrons. The van der Waals surface area contributed by atoms with E-state index in [0.717, 1.165) is 29.0 Å². The molecule has 2 N–H and O–H groups in total. The van der Waals surface area contributed by atoms with Gasteiger partial charge in [-0.3, -0.25) is 9.59 Å². The van der Waals surface area contributed by atoms with Crippen molar-refractivity contribution >= 4 is 39.1 Å². The number of carbonyl (C=O) groups is 2. The van der Waals surface area contributed by atoms with Gasteiger partial charge in [0.15, 0.2) is 9.84 Å². The fourth-order valence-corrected chi connectivity index (χ4v) is 6.88. The summed E-state index contributed by atoms with van der Waals surface area (Å²) in [5.41, 5.74) is 2.11. The van der Waals surface area contributed by atoms with Crippen LogP contribution < -0.4 is 15.5 Å². The first-order valence-corrected chi connectivity index (χ1v) is 15.0. The van der Waals surface area contributed by atoms with Gasteiger partial charge in [-0.05, 0) is 60.7 Å². The van der Waals surface area contributed by atoms with Crippen molar-refractivity contribution in [3.05, 3.63) is 54.1 Å². The van der Waals surface area contributed by atoms with E-state index in [1.807, 2.05) is 49.3 Å². The lowest BCUT2D eigenvalue weighted by molar-refractivity contribution is -0.127. The van der Waals surface area contributed by atoms with Gasteiger partial charge in [0.05, 0.1) is 22.5 Å². The van der Waals surface area contributed by atoms with Gasteiger partial charge in [-0.1, -0.05) is 25.0 Å². The second-order valence-electron chi connectivity index (χ2n) is 9.41. The van der Waals surface area contributed by atoms with Crippen molar-refractivity contribution in [3.8, 4) is 6.07 Å². The summed E-state index contributed by atoms with van der Waals surface area (Å²) in [6, 6.07) is 16.4. The summed E-state index contributed by atoms with van der Waals surface area (Å²) < 4.78 is 26.2. The highest BCUT2D eigenvalue weighted by Crippen LogP contribution is 2.33. The van der Waals surface area contributed by atoms with Crippen molar-refractivity contribution in [2.75, 3.05) is 37.0 Å². The summed E-state index contributed by atoms with van der Waals surface area (Å²) in [7, 11) is 0.370. The first-order valence-electron chi connectivity index (χ1n) is 12.3. The molecule has 2 aromatic rings. The van der Waals surface area contributed by atoms with Gasteiger partial charge >= 0.3 is 0 Å². The first kappa shape index (κ1) is 28.5. The minimum absolute atomic E-state index is 0.0736. The van der Waals surface area contributed by atoms with E-state index in [4.69, 9.17) is 5.26 Å². The van der Waals surface area contributed by atoms with Gasteiger partial charge in [-0.25, -0.2) is 8.42 Å². The minimum Gasteiger partial charge on any atom is -0.378 e. The molecule has 0 aliphatic heterocycles. The van der Waals surface area contributed by atoms with Crippen molar-refractivity contribution in [2.24, 2.45) is 11.8 Å². The summed E-state index contributed by atoms with van der Waals surface area (Å²) in [6.07, 6.45) is 3.08. The van der Waals surface area contributed by atoms with Crippen LogP contribution in [-0.2, 0) is 26.0 Å². The van der Waals surface area contributed by atoms with Gasteiger partial charge in [0.25, 0.3) is 0 Å². The molecule has 2 atom stereocenters. The Morgan fingerprint density at radius 1 is 1.03 bits per heavy atom. The molecule has 0 heterocycles. The molecule has 1 saturated carbocycles. The van der Waals surface area contributed by atoms with Gasteiger partial charge in [0.2, 0.25) is 11.8 Å². The van der Waals surface area contributed by atoms with Crippen molar-refractivity contribution in [3.63, 3.8) is 0 Å². The van der Waals surface area contributed by atoms with E-state index in [0.29, 0.717) is 19.4 Å². The zero-order chi connectivity index (χ0) is 26.8. The SMILES string of the molecule is CN(C)c1ccc(CNC(=O)CSc2ccc(S(=O)(=O)CC3CCCCC3C(=O)NCC#N)cc2)cc1. The number of nitrogens with zero attached hydrogens (tertiary/aromatic N) is 2. The third-order valence-corrected chi connectivity index (χ3v) is 9.39. The van der Waals surface area contributed by atoms with Crippen LogP contribution in [0.25, 0.3) is 0 Å². The van der Waals surface area contributed by atoms with Crippen molar-refractivity contribution in [1.82, 2.24) is 10.6 Å². The molecule has 2 amide bonds. The number of rotatable bonds is 11. The Morgan fingerprint density at radius 3 is 2.35 bits per heavy atom. The highest BCUT2D eigenvalue weighted by atomic mass is 32.2. The van der Waals surface area contributed by atoms with Gasteiger partial charge in [-0.2, -0.15) is 5.26 Å². The zero-order valence-corrected chi connectivity index (χ0v) is 22.9. The standard InChI is InChI=1S/C27H34N4O4S2/c1-31(2)22-9-7-20(8-10-22)17-30-26(32)18-36-23-11-13-24(14-12-23)37(34,35)19-21-5-3-4-6-25(21)27(33)29-16-15-28/h7-14,21,25H,3-6,16-19H2,1-2H3,(H,29,33)(H,30,32). The summed E-state index contributed by atoms with van der Waals surface area (Å²) in [5.74, 6) is -0.871. The molecule has 0 spiro atoms. The number of hydrogen-bond acceptors (Lipinski definition) is 7. The number of hydrogen-bond donors (Lipinski definition) is 2. The van der Waals surface area contributed by atoms with Crippen LogP contribution in [0.1, 0.15) is 31.2 Å². The molecule has 2 unspecified atom stereocenters. The third-order valence-electron chi connectivity index (χ3n) is 6.52. The fourth-order valence-electron chi connectivity index (χ4n) is 4.44. The lowest BCUT2D eigenvalue weighted by Gasteiger charge is -2.30. The molecule has 1 aliphatic rings. The Morgan fingerprint density at radius 2 is 1.70 bits per heavy atom. The van der Waals surface area contributed by atoms with Crippen LogP contribution in [0.4, 0.5) is 5.69 Å². The molecule has 0 bridgehead atoms. The maximum absolute atomic E-state index is 13.1. The number of carbonyl (C=O) groups excluding carboxylic acids is 2. The molecule has 1 aliphatic carbocycles. The van der Waals surface area contributed by atoms with E-state index in [1.54, 1.807) is 24.3 Å². The molecule has 10 heteroatoms. The Hall–Kier alpha value is -3.03. The Bertz CT molecular complexity index is 1210. The van der Waals surface area contributed by atoms with Crippen LogP contribution in [0.5, 0.6) is 0 Å². The van der Waals surface area contributed by atoms with Gasteiger partial charge in [-0.15, -0.1) is 11.8 Å². The van der Waals surface area contributed by atoms with E-state index < -0.39 is 15.8 Å². The quantitative estimate of drug-likeness (QED) is 0.330. The summed E-state index contributed by atoms with van der Waals surface area (Å²) in [5, 5.41) is 14.2. The van der Waals surface area contributed by atoms with E-state index in [1.165, 1.54) is 11.8 Å². The maximum atomic E-state index is 13.1. The normalized spacial score (nSPS) is 17.4. The third kappa shape index (κ3) is 8.51. The Balaban J connectivity index is 1.51. The smallest absolute Gasteiger partial charge is 0.230 e. The molecule has 1 fully saturated rings. The van der Waals surface area contributed by atoms with Crippen molar-refractivity contribution < 1.29 is 18.0 Å². The van der Waals surface area contributed by atoms with E-state index in [9.17, 15) is 18.0 Å². The van der Waals surface area contributed by atoms with Gasteiger partial charge < -0.3 is 15.5 Å². The molecular formula is C27H34N4O4S2. The molecule has 3 rings (SSSR count). The Kier molecular flexibility index (Phi) is 10.4. The largest absolute Gasteiger partial charge is 0.378 e. The summed E-state index contributed by atoms with van der Waals surface area (Å²) in [4.78, 5) is 27.7. The number of nitrogens with one attached hydrogen (secondary N) is 2. The molecule has 8 nitrogen and oxygen atoms in total. The predicted molar refractivity (Wildman–Crippen MR) is 146 cm³/mol. The fraction of sp³-hybridized carbons (Fsp3) is 0.444. The number of benzene rings is 2. The van der Waals surface area contributed by atoms with E-state index in [2.05, 4.69) is 10.6 Å². The second-order valence-corrected chi connectivity index (χ2v) is 12.5. The highest BCUT2D eigenvalue weighted by Gasteiger charge is 2.34. The lowest BCUT2D eigenvalue weighted by atomic mass is 9.80. The van der Waals surface area contributed by atoms with Gasteiger partial charge in [0.1, 0.15) is 6.54 Å². The zero-order valence-electron chi connectivity index (χ0n) is 21.3. The molecule has 0 aromatic heterocycles. The van der Waals surface area contributed by atoms with Crippen LogP contribution in [0, 0.1) is 23.2 Å². The molecule has 0 saturated heterocycles. The van der Waals surface area contributed by atoms with Crippen LogP contribution in [0.15, 0.2) is 58.3 Å². The lowest BCUT2D eigenvalue weighted by Crippen LogP contribution is -2.39. The van der Waals surface area contributed by atoms with E-state index >= 15 is 0 Å². The van der Waals surface area contributed by atoms with Crippen LogP contribution in [-0.4, -0.2) is 52.4 Å². The van der Waals surface area contributed by atoms with Crippen LogP contribution in [0.2, 0.25) is 0 Å². The minimum atomic E-state index is -3.58. The van der Waals surface area contributed by atoms with Crippen LogP contribution >= 0.6 is 11.8 Å². The number of anilines is 1. The topological polar surface area (TPSA) is 119 Å². The highest BCUT2D eigenvalue weighted by molar-refractivity contribution is 8.00. The monoisotopic (exact) mass is 542 g/mol. The number of sulfone groups is 1. The van der Waals surface area contributed by atoms with Crippen molar-refractivity contribution in [1.29, 1.82) is 5.26 Å². The molecule has 2 aromatic carbocycles. The maximum Gasteiger partial charge on any atom is 0.230 e. The summed E-state index contributed by atoms with van der Waals surface area (Å²) >= 11 is 1.34. The van der Waals surface area contributed by atoms with Crippen LogP contribution in [0.3, 0.4) is 0 Å². The number of nitriles is 1. The summed E-state index contributed by atoms with van der Waals surface area (Å²) in [6.45, 7) is 0.372.